The molecule has 0 aromatic heterocycles. The molecule has 1 unspecified atom stereocenters. The third kappa shape index (κ3) is 6.98. The highest BCUT2D eigenvalue weighted by atomic mass is 35.5. The van der Waals surface area contributed by atoms with Gasteiger partial charge in [-0.2, -0.15) is 0 Å². The Bertz CT molecular complexity index is 1040. The molecule has 0 bridgehead atoms. The minimum Gasteiger partial charge on any atom is -0.497 e. The number of carbonyl (C=O) groups is 2. The lowest BCUT2D eigenvalue weighted by atomic mass is 10.0. The molecule has 3 aromatic rings. The number of carbonyl (C=O) groups excluding carboxylic acids is 2. The van der Waals surface area contributed by atoms with Crippen LogP contribution in [0.25, 0.3) is 0 Å². The molecule has 0 aliphatic carbocycles. The summed E-state index contributed by atoms with van der Waals surface area (Å²) in [5.74, 6) is -0.193. The van der Waals surface area contributed by atoms with E-state index in [-0.39, 0.29) is 24.2 Å². The molecular formula is C26H26Cl2N2O3. The summed E-state index contributed by atoms with van der Waals surface area (Å²) in [5, 5.41) is 3.58. The Morgan fingerprint density at radius 3 is 2.21 bits per heavy atom. The number of hydrogen-bond donors (Lipinski definition) is 1. The maximum Gasteiger partial charge on any atom is 0.247 e. The topological polar surface area (TPSA) is 58.6 Å². The predicted octanol–water partition coefficient (Wildman–Crippen LogP) is 5.02. The molecule has 0 spiro atoms. The first-order valence-corrected chi connectivity index (χ1v) is 11.5. The number of methoxy groups -OCH3 is 1. The molecule has 0 saturated heterocycles. The molecule has 0 saturated carbocycles. The standard InChI is InChI=1S/C26H26Cl2N2O3/c1-33-23-13-9-21(10-14-23)25(26(32)29-16-15-19-5-3-2-4-6-19)30(24(31)17-27)18-20-7-11-22(28)12-8-20/h2-14,25H,15-18H2,1H3,(H,29,32). The lowest BCUT2D eigenvalue weighted by Gasteiger charge is -2.31. The summed E-state index contributed by atoms with van der Waals surface area (Å²) >= 11 is 11.9. The molecule has 3 aromatic carbocycles. The van der Waals surface area contributed by atoms with E-state index in [1.807, 2.05) is 42.5 Å². The van der Waals surface area contributed by atoms with E-state index in [2.05, 4.69) is 5.32 Å². The summed E-state index contributed by atoms with van der Waals surface area (Å²) in [7, 11) is 1.58. The first-order valence-electron chi connectivity index (χ1n) is 10.6. The van der Waals surface area contributed by atoms with Crippen molar-refractivity contribution < 1.29 is 14.3 Å². The van der Waals surface area contributed by atoms with Crippen molar-refractivity contribution in [2.75, 3.05) is 19.5 Å². The van der Waals surface area contributed by atoms with Gasteiger partial charge in [-0.05, 0) is 47.4 Å². The van der Waals surface area contributed by atoms with Crippen LogP contribution in [0.5, 0.6) is 5.75 Å². The Balaban J connectivity index is 1.87. The molecule has 0 aliphatic heterocycles. The Morgan fingerprint density at radius 2 is 1.61 bits per heavy atom. The summed E-state index contributed by atoms with van der Waals surface area (Å²) < 4.78 is 5.24. The Labute approximate surface area is 204 Å². The smallest absolute Gasteiger partial charge is 0.247 e. The zero-order chi connectivity index (χ0) is 23.6. The van der Waals surface area contributed by atoms with Gasteiger partial charge in [-0.3, -0.25) is 9.59 Å². The summed E-state index contributed by atoms with van der Waals surface area (Å²) in [5.41, 5.74) is 2.63. The van der Waals surface area contributed by atoms with Crippen LogP contribution >= 0.6 is 23.2 Å². The molecular weight excluding hydrogens is 459 g/mol. The third-order valence-corrected chi connectivity index (χ3v) is 5.73. The van der Waals surface area contributed by atoms with Crippen LogP contribution in [0.4, 0.5) is 0 Å². The molecule has 1 atom stereocenters. The highest BCUT2D eigenvalue weighted by Crippen LogP contribution is 2.26. The molecule has 0 radical (unpaired) electrons. The summed E-state index contributed by atoms with van der Waals surface area (Å²) in [6.07, 6.45) is 0.683. The number of nitrogens with one attached hydrogen (secondary N) is 1. The average Bonchev–Trinajstić information content (AvgIpc) is 2.85. The van der Waals surface area contributed by atoms with Gasteiger partial charge in [0.1, 0.15) is 17.7 Å². The van der Waals surface area contributed by atoms with Crippen LogP contribution in [0.3, 0.4) is 0 Å². The van der Waals surface area contributed by atoms with Crippen LogP contribution in [0, 0.1) is 0 Å². The Kier molecular flexibility index (Phi) is 9.16. The van der Waals surface area contributed by atoms with Gasteiger partial charge in [0.2, 0.25) is 11.8 Å². The number of benzene rings is 3. The maximum absolute atomic E-state index is 13.4. The largest absolute Gasteiger partial charge is 0.497 e. The van der Waals surface area contributed by atoms with Crippen molar-refractivity contribution in [3.8, 4) is 5.75 Å². The van der Waals surface area contributed by atoms with Gasteiger partial charge in [0.05, 0.1) is 7.11 Å². The fourth-order valence-corrected chi connectivity index (χ4v) is 3.80. The molecule has 3 rings (SSSR count). The van der Waals surface area contributed by atoms with Gasteiger partial charge in [-0.15, -0.1) is 11.6 Å². The van der Waals surface area contributed by atoms with Gasteiger partial charge in [-0.1, -0.05) is 66.2 Å². The van der Waals surface area contributed by atoms with E-state index in [0.717, 1.165) is 11.1 Å². The van der Waals surface area contributed by atoms with Gasteiger partial charge in [0.25, 0.3) is 0 Å². The number of hydrogen-bond acceptors (Lipinski definition) is 3. The zero-order valence-electron chi connectivity index (χ0n) is 18.3. The second-order valence-corrected chi connectivity index (χ2v) is 8.19. The second-order valence-electron chi connectivity index (χ2n) is 7.48. The fourth-order valence-electron chi connectivity index (χ4n) is 3.52. The Morgan fingerprint density at radius 1 is 0.939 bits per heavy atom. The van der Waals surface area contributed by atoms with Gasteiger partial charge in [0.15, 0.2) is 0 Å². The molecule has 172 valence electrons. The lowest BCUT2D eigenvalue weighted by molar-refractivity contribution is -0.139. The van der Waals surface area contributed by atoms with Gasteiger partial charge in [-0.25, -0.2) is 0 Å². The van der Waals surface area contributed by atoms with Gasteiger partial charge >= 0.3 is 0 Å². The minimum atomic E-state index is -0.853. The molecule has 7 heteroatoms. The first kappa shape index (κ1) is 24.6. The summed E-state index contributed by atoms with van der Waals surface area (Å²) in [4.78, 5) is 27.8. The highest BCUT2D eigenvalue weighted by Gasteiger charge is 2.31. The van der Waals surface area contributed by atoms with Crippen molar-refractivity contribution in [1.82, 2.24) is 10.2 Å². The highest BCUT2D eigenvalue weighted by molar-refractivity contribution is 6.30. The average molecular weight is 485 g/mol. The van der Waals surface area contributed by atoms with Crippen LogP contribution in [0.2, 0.25) is 5.02 Å². The van der Waals surface area contributed by atoms with Crippen LogP contribution in [-0.4, -0.2) is 36.2 Å². The quantitative estimate of drug-likeness (QED) is 0.411. The molecule has 1 N–H and O–H groups in total. The van der Waals surface area contributed by atoms with Crippen LogP contribution in [0.15, 0.2) is 78.9 Å². The SMILES string of the molecule is COc1ccc(C(C(=O)NCCc2ccccc2)N(Cc2ccc(Cl)cc2)C(=O)CCl)cc1. The van der Waals surface area contributed by atoms with Crippen molar-refractivity contribution in [3.05, 3.63) is 101 Å². The number of alkyl halides is 1. The monoisotopic (exact) mass is 484 g/mol. The number of rotatable bonds is 10. The molecule has 0 heterocycles. The van der Waals surface area contributed by atoms with Crippen LogP contribution < -0.4 is 10.1 Å². The van der Waals surface area contributed by atoms with Gasteiger partial charge in [0, 0.05) is 18.1 Å². The van der Waals surface area contributed by atoms with Crippen molar-refractivity contribution in [2.24, 2.45) is 0 Å². The minimum absolute atomic E-state index is 0.214. The Hall–Kier alpha value is -3.02. The number of amides is 2. The van der Waals surface area contributed by atoms with Crippen LogP contribution in [0.1, 0.15) is 22.7 Å². The van der Waals surface area contributed by atoms with E-state index in [1.54, 1.807) is 43.5 Å². The van der Waals surface area contributed by atoms with Crippen molar-refractivity contribution >= 4 is 35.0 Å². The zero-order valence-corrected chi connectivity index (χ0v) is 19.9. The number of nitrogens with zero attached hydrogens (tertiary/aromatic N) is 1. The second kappa shape index (κ2) is 12.3. The van der Waals surface area contributed by atoms with E-state index in [1.165, 1.54) is 4.90 Å². The third-order valence-electron chi connectivity index (χ3n) is 5.25. The lowest BCUT2D eigenvalue weighted by Crippen LogP contribution is -2.44. The molecule has 33 heavy (non-hydrogen) atoms. The van der Waals surface area contributed by atoms with E-state index in [9.17, 15) is 9.59 Å². The van der Waals surface area contributed by atoms with Crippen LogP contribution in [-0.2, 0) is 22.6 Å². The van der Waals surface area contributed by atoms with Crippen molar-refractivity contribution in [3.63, 3.8) is 0 Å². The normalized spacial score (nSPS) is 11.5. The van der Waals surface area contributed by atoms with E-state index < -0.39 is 6.04 Å². The molecule has 2 amide bonds. The fraction of sp³-hybridized carbons (Fsp3) is 0.231. The molecule has 0 fully saturated rings. The summed E-state index contributed by atoms with van der Waals surface area (Å²) in [6, 6.07) is 23.3. The van der Waals surface area contributed by atoms with Crippen molar-refractivity contribution in [1.29, 1.82) is 0 Å². The number of ether oxygens (including phenoxy) is 1. The molecule has 0 aliphatic rings. The number of halogens is 2. The van der Waals surface area contributed by atoms with E-state index in [0.29, 0.717) is 29.3 Å². The summed E-state index contributed by atoms with van der Waals surface area (Å²) in [6.45, 7) is 0.658. The van der Waals surface area contributed by atoms with E-state index >= 15 is 0 Å². The van der Waals surface area contributed by atoms with E-state index in [4.69, 9.17) is 27.9 Å². The first-order chi connectivity index (χ1) is 16.0. The maximum atomic E-state index is 13.4. The molecule has 5 nitrogen and oxygen atoms in total. The van der Waals surface area contributed by atoms with Gasteiger partial charge < -0.3 is 15.0 Å². The van der Waals surface area contributed by atoms with Crippen molar-refractivity contribution in [2.45, 2.75) is 19.0 Å². The predicted molar refractivity (Wildman–Crippen MR) is 132 cm³/mol.